The molecule has 13 heavy (non-hydrogen) atoms. The second-order valence-corrected chi connectivity index (χ2v) is 1.98. The number of nitrogens with one attached hydrogen (secondary N) is 1. The Kier molecular flexibility index (Phi) is 2.05. The normalized spacial score (nSPS) is 22.1. The maximum Gasteiger partial charge on any atom is 0.326 e. The number of rotatable bonds is 5. The van der Waals surface area contributed by atoms with Gasteiger partial charge in [0.05, 0.1) is 1.37 Å². The quantitative estimate of drug-likeness (QED) is 0.511. The fourth-order valence-electron chi connectivity index (χ4n) is 0.438. The van der Waals surface area contributed by atoms with E-state index in [9.17, 15) is 14.4 Å². The maximum absolute atomic E-state index is 10.9. The van der Waals surface area contributed by atoms with Gasteiger partial charge in [0.2, 0.25) is 11.8 Å². The van der Waals surface area contributed by atoms with Crippen LogP contribution in [0.2, 0.25) is 0 Å². The highest BCUT2D eigenvalue weighted by atomic mass is 16.4. The average molecular weight is 193 g/mol. The Labute approximate surface area is 82.1 Å². The van der Waals surface area contributed by atoms with Gasteiger partial charge >= 0.3 is 5.97 Å². The van der Waals surface area contributed by atoms with Crippen LogP contribution in [0.1, 0.15) is 26.5 Å². The zero-order valence-corrected chi connectivity index (χ0v) is 6.75. The SMILES string of the molecule is [2H]C([2H])(C(N)=O)C([2H])([2H])C([2H])(NC(C)=O)C(=O)O. The second-order valence-electron chi connectivity index (χ2n) is 1.98. The molecule has 74 valence electrons. The van der Waals surface area contributed by atoms with E-state index in [0.29, 0.717) is 0 Å². The first kappa shape index (κ1) is 5.21. The highest BCUT2D eigenvalue weighted by Gasteiger charge is 2.18. The lowest BCUT2D eigenvalue weighted by molar-refractivity contribution is -0.141. The number of amides is 2. The van der Waals surface area contributed by atoms with Gasteiger partial charge in [-0.3, -0.25) is 9.59 Å². The molecular weight excluding hydrogens is 176 g/mol. The van der Waals surface area contributed by atoms with Gasteiger partial charge in [-0.15, -0.1) is 0 Å². The van der Waals surface area contributed by atoms with Crippen LogP contribution < -0.4 is 11.1 Å². The van der Waals surface area contributed by atoms with Crippen molar-refractivity contribution in [2.45, 2.75) is 25.7 Å². The molecule has 0 bridgehead atoms. The minimum atomic E-state index is -3.58. The Morgan fingerprint density at radius 2 is 2.23 bits per heavy atom. The molecule has 0 fully saturated rings. The number of carbonyl (C=O) groups excluding carboxylic acids is 2. The van der Waals surface area contributed by atoms with E-state index in [1.165, 1.54) is 5.32 Å². The molecule has 0 rings (SSSR count). The van der Waals surface area contributed by atoms with Crippen molar-refractivity contribution >= 4 is 17.8 Å². The molecule has 0 spiro atoms. The monoisotopic (exact) mass is 193 g/mol. The predicted molar refractivity (Wildman–Crippen MR) is 43.7 cm³/mol. The lowest BCUT2D eigenvalue weighted by atomic mass is 10.1. The van der Waals surface area contributed by atoms with Crippen LogP contribution in [0.25, 0.3) is 0 Å². The third-order valence-electron chi connectivity index (χ3n) is 0.826. The van der Waals surface area contributed by atoms with Crippen molar-refractivity contribution in [2.24, 2.45) is 5.73 Å². The van der Waals surface area contributed by atoms with Gasteiger partial charge in [0.15, 0.2) is 0 Å². The van der Waals surface area contributed by atoms with Crippen LogP contribution in [0, 0.1) is 0 Å². The molecular formula is C7H12N2O4. The summed E-state index contributed by atoms with van der Waals surface area (Å²) < 4.78 is 36.4. The molecule has 2 amide bonds. The smallest absolute Gasteiger partial charge is 0.326 e. The van der Waals surface area contributed by atoms with Crippen LogP contribution in [0.4, 0.5) is 0 Å². The van der Waals surface area contributed by atoms with E-state index in [4.69, 9.17) is 12.0 Å². The number of hydrogen-bond acceptors (Lipinski definition) is 3. The van der Waals surface area contributed by atoms with Gasteiger partial charge in [-0.2, -0.15) is 0 Å². The van der Waals surface area contributed by atoms with Crippen molar-refractivity contribution < 1.29 is 26.3 Å². The van der Waals surface area contributed by atoms with Crippen molar-refractivity contribution in [3.05, 3.63) is 0 Å². The zero-order chi connectivity index (χ0) is 14.9. The third kappa shape index (κ3) is 5.66. The number of aliphatic carboxylic acids is 1. The Morgan fingerprint density at radius 1 is 1.69 bits per heavy atom. The van der Waals surface area contributed by atoms with Gasteiger partial charge in [0.25, 0.3) is 0 Å². The molecule has 0 radical (unpaired) electrons. The Bertz CT molecular complexity index is 399. The summed E-state index contributed by atoms with van der Waals surface area (Å²) in [6.07, 6.45) is -7.04. The van der Waals surface area contributed by atoms with Crippen LogP contribution in [-0.4, -0.2) is 28.9 Å². The Balaban J connectivity index is 5.84. The van der Waals surface area contributed by atoms with Crippen molar-refractivity contribution in [3.8, 4) is 0 Å². The van der Waals surface area contributed by atoms with E-state index in [-0.39, 0.29) is 0 Å². The first-order valence-corrected chi connectivity index (χ1v) is 3.12. The van der Waals surface area contributed by atoms with Crippen molar-refractivity contribution in [1.29, 1.82) is 0 Å². The van der Waals surface area contributed by atoms with Gasteiger partial charge in [-0.25, -0.2) is 4.79 Å². The van der Waals surface area contributed by atoms with Gasteiger partial charge in [-0.05, 0) is 6.37 Å². The highest BCUT2D eigenvalue weighted by Crippen LogP contribution is 1.96. The van der Waals surface area contributed by atoms with Gasteiger partial charge in [0, 0.05) is 18.8 Å². The predicted octanol–water partition coefficient (Wildman–Crippen LogP) is -1.16. The first-order chi connectivity index (χ1) is 7.80. The number of carboxylic acid groups (broad SMARTS) is 1. The number of carbonyl (C=O) groups is 3. The molecule has 0 aromatic rings. The van der Waals surface area contributed by atoms with Gasteiger partial charge in [-0.1, -0.05) is 0 Å². The van der Waals surface area contributed by atoms with Crippen LogP contribution in [0.5, 0.6) is 0 Å². The summed E-state index contributed by atoms with van der Waals surface area (Å²) in [5, 5.41) is 10.3. The van der Waals surface area contributed by atoms with E-state index in [1.54, 1.807) is 0 Å². The van der Waals surface area contributed by atoms with Gasteiger partial charge < -0.3 is 16.2 Å². The number of hydrogen-bond donors (Lipinski definition) is 3. The molecule has 0 heterocycles. The van der Waals surface area contributed by atoms with E-state index in [2.05, 4.69) is 5.73 Å². The first-order valence-electron chi connectivity index (χ1n) is 5.62. The lowest BCUT2D eigenvalue weighted by Crippen LogP contribution is -2.40. The molecule has 0 aromatic carbocycles. The molecule has 4 N–H and O–H groups in total. The summed E-state index contributed by atoms with van der Waals surface area (Å²) in [7, 11) is 0. The van der Waals surface area contributed by atoms with E-state index in [0.717, 1.165) is 6.92 Å². The van der Waals surface area contributed by atoms with Gasteiger partial charge in [0.1, 0.15) is 6.02 Å². The van der Waals surface area contributed by atoms with Crippen LogP contribution in [0.15, 0.2) is 0 Å². The summed E-state index contributed by atoms with van der Waals surface area (Å²) in [6, 6.07) is -3.39. The van der Waals surface area contributed by atoms with E-state index >= 15 is 0 Å². The number of primary amides is 1. The molecule has 0 saturated heterocycles. The van der Waals surface area contributed by atoms with E-state index < -0.39 is 36.5 Å². The zero-order valence-electron chi connectivity index (χ0n) is 11.7. The molecule has 0 aliphatic rings. The summed E-state index contributed by atoms with van der Waals surface area (Å²) in [5.74, 6) is -5.01. The molecule has 1 atom stereocenters. The average Bonchev–Trinajstić information content (AvgIpc) is 2.15. The fourth-order valence-corrected chi connectivity index (χ4v) is 0.438. The Morgan fingerprint density at radius 3 is 2.54 bits per heavy atom. The van der Waals surface area contributed by atoms with Crippen molar-refractivity contribution in [1.82, 2.24) is 5.32 Å². The highest BCUT2D eigenvalue weighted by molar-refractivity contribution is 5.83. The molecule has 0 saturated carbocycles. The maximum atomic E-state index is 10.9. The van der Waals surface area contributed by atoms with Crippen LogP contribution in [-0.2, 0) is 14.4 Å². The van der Waals surface area contributed by atoms with Crippen LogP contribution >= 0.6 is 0 Å². The number of carboxylic acids is 1. The minimum Gasteiger partial charge on any atom is -0.480 e. The molecule has 1 unspecified atom stereocenters. The summed E-state index contributed by atoms with van der Waals surface area (Å²) in [5.41, 5.74) is 4.64. The molecule has 6 nitrogen and oxygen atoms in total. The van der Waals surface area contributed by atoms with Crippen molar-refractivity contribution in [3.63, 3.8) is 0 Å². The third-order valence-corrected chi connectivity index (χ3v) is 0.826. The topological polar surface area (TPSA) is 109 Å². The summed E-state index contributed by atoms with van der Waals surface area (Å²) >= 11 is 0. The minimum absolute atomic E-state index is 0.822. The van der Waals surface area contributed by atoms with Crippen LogP contribution in [0.3, 0.4) is 0 Å². The fraction of sp³-hybridized carbons (Fsp3) is 0.571. The van der Waals surface area contributed by atoms with Crippen molar-refractivity contribution in [2.75, 3.05) is 0 Å². The summed E-state index contributed by atoms with van der Waals surface area (Å²) in [6.45, 7) is 0.822. The molecule has 6 heteroatoms. The molecule has 0 aromatic heterocycles. The lowest BCUT2D eigenvalue weighted by Gasteiger charge is -2.11. The largest absolute Gasteiger partial charge is 0.480 e. The second kappa shape index (κ2) is 5.13. The number of nitrogens with two attached hydrogens (primary N) is 1. The summed E-state index contributed by atoms with van der Waals surface area (Å²) in [4.78, 5) is 32.6. The molecule has 0 aliphatic carbocycles. The molecule has 0 aliphatic heterocycles. The Hall–Kier alpha value is -1.59. The van der Waals surface area contributed by atoms with E-state index in [1.807, 2.05) is 0 Å². The standard InChI is InChI=1S/C7H12N2O4/c1-4(10)9-5(7(12)13)2-3-6(8)11/h5H,2-3H2,1H3,(H2,8,11)(H,9,10)(H,12,13)/i2D2,3D2,5D.